The summed E-state index contributed by atoms with van der Waals surface area (Å²) in [5.74, 6) is 0. The number of hydrogen-bond donors (Lipinski definition) is 2. The second-order valence-corrected chi connectivity index (χ2v) is 4.95. The average Bonchev–Trinajstić information content (AvgIpc) is 2.86. The Hall–Kier alpha value is -1.03. The van der Waals surface area contributed by atoms with E-state index in [0.717, 1.165) is 34.3 Å². The molecule has 0 bridgehead atoms. The Morgan fingerprint density at radius 3 is 2.61 bits per heavy atom. The molecule has 18 heavy (non-hydrogen) atoms. The van der Waals surface area contributed by atoms with E-state index in [4.69, 9.17) is 23.2 Å². The lowest BCUT2D eigenvalue weighted by Gasteiger charge is -2.13. The molecule has 0 amide bonds. The molecule has 1 heterocycles. The molecular formula is C13H15Cl2N3. The molecule has 0 saturated heterocycles. The molecule has 0 saturated carbocycles. The predicted molar refractivity (Wildman–Crippen MR) is 75.2 cm³/mol. The number of nitrogens with one attached hydrogen (secondary N) is 2. The summed E-state index contributed by atoms with van der Waals surface area (Å²) in [6.07, 6.45) is 2.55. The van der Waals surface area contributed by atoms with Crippen LogP contribution in [-0.2, 0) is 6.42 Å². The number of benzene rings is 1. The van der Waals surface area contributed by atoms with Crippen LogP contribution in [0.4, 0.5) is 0 Å². The van der Waals surface area contributed by atoms with Gasteiger partial charge < -0.3 is 5.32 Å². The van der Waals surface area contributed by atoms with Crippen molar-refractivity contribution in [2.75, 3.05) is 6.54 Å². The first-order chi connectivity index (χ1) is 8.68. The van der Waals surface area contributed by atoms with Crippen molar-refractivity contribution in [2.24, 2.45) is 0 Å². The summed E-state index contributed by atoms with van der Waals surface area (Å²) in [5, 5.41) is 11.7. The van der Waals surface area contributed by atoms with E-state index in [0.29, 0.717) is 0 Å². The fourth-order valence-electron chi connectivity index (χ4n) is 1.80. The van der Waals surface area contributed by atoms with Crippen molar-refractivity contribution in [1.29, 1.82) is 0 Å². The molecule has 0 aliphatic rings. The summed E-state index contributed by atoms with van der Waals surface area (Å²) >= 11 is 12.2. The number of halogens is 2. The molecule has 0 aliphatic heterocycles. The summed E-state index contributed by atoms with van der Waals surface area (Å²) in [6.45, 7) is 2.89. The fourth-order valence-corrected chi connectivity index (χ4v) is 2.39. The molecular weight excluding hydrogens is 269 g/mol. The van der Waals surface area contributed by atoms with Gasteiger partial charge in [0.1, 0.15) is 0 Å². The van der Waals surface area contributed by atoms with Crippen LogP contribution in [0, 0.1) is 0 Å². The molecule has 3 nitrogen and oxygen atoms in total. The van der Waals surface area contributed by atoms with Gasteiger partial charge in [-0.15, -0.1) is 0 Å². The standard InChI is InChI=1S/C13H15Cl2N3/c1-9(13-6-8-17-18-13)16-7-5-10-11(14)3-2-4-12(10)15/h2-4,6,8-9,16H,5,7H2,1H3,(H,17,18)/t9-/m1/s1. The Balaban J connectivity index is 1.89. The minimum Gasteiger partial charge on any atom is -0.309 e. The van der Waals surface area contributed by atoms with E-state index in [-0.39, 0.29) is 6.04 Å². The monoisotopic (exact) mass is 283 g/mol. The van der Waals surface area contributed by atoms with E-state index < -0.39 is 0 Å². The number of hydrogen-bond acceptors (Lipinski definition) is 2. The zero-order chi connectivity index (χ0) is 13.0. The highest BCUT2D eigenvalue weighted by atomic mass is 35.5. The smallest absolute Gasteiger partial charge is 0.0518 e. The maximum Gasteiger partial charge on any atom is 0.0518 e. The largest absolute Gasteiger partial charge is 0.309 e. The number of H-pyrrole nitrogens is 1. The highest BCUT2D eigenvalue weighted by molar-refractivity contribution is 6.35. The van der Waals surface area contributed by atoms with Gasteiger partial charge in [-0.3, -0.25) is 5.10 Å². The van der Waals surface area contributed by atoms with Gasteiger partial charge in [0.05, 0.1) is 5.69 Å². The molecule has 0 aliphatic carbocycles. The first-order valence-electron chi connectivity index (χ1n) is 5.84. The molecule has 2 N–H and O–H groups in total. The van der Waals surface area contributed by atoms with Gasteiger partial charge in [0.25, 0.3) is 0 Å². The number of rotatable bonds is 5. The molecule has 5 heteroatoms. The molecule has 2 aromatic rings. The number of aromatic nitrogens is 2. The van der Waals surface area contributed by atoms with Gasteiger partial charge >= 0.3 is 0 Å². The van der Waals surface area contributed by atoms with Gasteiger partial charge in [0.2, 0.25) is 0 Å². The lowest BCUT2D eigenvalue weighted by atomic mass is 10.1. The summed E-state index contributed by atoms with van der Waals surface area (Å²) in [5.41, 5.74) is 2.06. The van der Waals surface area contributed by atoms with Crippen molar-refractivity contribution in [3.05, 3.63) is 51.8 Å². The van der Waals surface area contributed by atoms with Gasteiger partial charge in [-0.05, 0) is 43.7 Å². The highest BCUT2D eigenvalue weighted by Gasteiger charge is 2.08. The maximum absolute atomic E-state index is 6.12. The first kappa shape index (κ1) is 13.4. The molecule has 1 atom stereocenters. The Labute approximate surface area is 117 Å². The maximum atomic E-state index is 6.12. The van der Waals surface area contributed by atoms with Crippen LogP contribution in [0.25, 0.3) is 0 Å². The molecule has 0 fully saturated rings. The van der Waals surface area contributed by atoms with Gasteiger partial charge in [-0.1, -0.05) is 29.3 Å². The quantitative estimate of drug-likeness (QED) is 0.880. The first-order valence-corrected chi connectivity index (χ1v) is 6.59. The topological polar surface area (TPSA) is 40.7 Å². The van der Waals surface area contributed by atoms with Crippen molar-refractivity contribution in [2.45, 2.75) is 19.4 Å². The number of aromatic amines is 1. The average molecular weight is 284 g/mol. The molecule has 1 aromatic heterocycles. The molecule has 1 aromatic carbocycles. The molecule has 2 rings (SSSR count). The normalized spacial score (nSPS) is 12.6. The highest BCUT2D eigenvalue weighted by Crippen LogP contribution is 2.24. The van der Waals surface area contributed by atoms with Crippen LogP contribution >= 0.6 is 23.2 Å². The second-order valence-electron chi connectivity index (χ2n) is 4.14. The summed E-state index contributed by atoms with van der Waals surface area (Å²) in [6, 6.07) is 7.77. The molecule has 0 unspecified atom stereocenters. The van der Waals surface area contributed by atoms with Gasteiger partial charge in [-0.2, -0.15) is 5.10 Å². The van der Waals surface area contributed by atoms with Crippen LogP contribution in [0.3, 0.4) is 0 Å². The third-order valence-corrected chi connectivity index (χ3v) is 3.58. The minimum atomic E-state index is 0.230. The van der Waals surface area contributed by atoms with Crippen molar-refractivity contribution in [3.63, 3.8) is 0 Å². The van der Waals surface area contributed by atoms with Crippen molar-refractivity contribution in [3.8, 4) is 0 Å². The molecule has 96 valence electrons. The third kappa shape index (κ3) is 3.25. The zero-order valence-electron chi connectivity index (χ0n) is 10.1. The van der Waals surface area contributed by atoms with E-state index in [2.05, 4.69) is 22.4 Å². The SMILES string of the molecule is C[C@@H](NCCc1c(Cl)cccc1Cl)c1ccn[nH]1. The third-order valence-electron chi connectivity index (χ3n) is 2.88. The van der Waals surface area contributed by atoms with E-state index in [9.17, 15) is 0 Å². The summed E-state index contributed by atoms with van der Waals surface area (Å²) in [4.78, 5) is 0. The zero-order valence-corrected chi connectivity index (χ0v) is 11.6. The van der Waals surface area contributed by atoms with Crippen molar-refractivity contribution >= 4 is 23.2 Å². The minimum absolute atomic E-state index is 0.230. The Bertz CT molecular complexity index is 477. The van der Waals surface area contributed by atoms with Gasteiger partial charge in [0.15, 0.2) is 0 Å². The summed E-state index contributed by atoms with van der Waals surface area (Å²) < 4.78 is 0. The number of nitrogens with zero attached hydrogens (tertiary/aromatic N) is 1. The van der Waals surface area contributed by atoms with Crippen LogP contribution < -0.4 is 5.32 Å². The van der Waals surface area contributed by atoms with Crippen LogP contribution in [0.5, 0.6) is 0 Å². The van der Waals surface area contributed by atoms with Crippen LogP contribution in [-0.4, -0.2) is 16.7 Å². The van der Waals surface area contributed by atoms with Crippen LogP contribution in [0.1, 0.15) is 24.2 Å². The Morgan fingerprint density at radius 2 is 2.00 bits per heavy atom. The summed E-state index contributed by atoms with van der Waals surface area (Å²) in [7, 11) is 0. The van der Waals surface area contributed by atoms with Gasteiger partial charge in [-0.25, -0.2) is 0 Å². The van der Waals surface area contributed by atoms with Crippen molar-refractivity contribution < 1.29 is 0 Å². The Kier molecular flexibility index (Phi) is 4.64. The van der Waals surface area contributed by atoms with E-state index in [1.165, 1.54) is 0 Å². The van der Waals surface area contributed by atoms with Crippen molar-refractivity contribution in [1.82, 2.24) is 15.5 Å². The molecule has 0 spiro atoms. The predicted octanol–water partition coefficient (Wildman–Crippen LogP) is 3.61. The molecule has 0 radical (unpaired) electrons. The Morgan fingerprint density at radius 1 is 1.28 bits per heavy atom. The van der Waals surface area contributed by atoms with E-state index in [1.807, 2.05) is 24.3 Å². The lowest BCUT2D eigenvalue weighted by molar-refractivity contribution is 0.563. The lowest BCUT2D eigenvalue weighted by Crippen LogP contribution is -2.21. The van der Waals surface area contributed by atoms with Crippen LogP contribution in [0.2, 0.25) is 10.0 Å². The fraction of sp³-hybridized carbons (Fsp3) is 0.308. The van der Waals surface area contributed by atoms with E-state index >= 15 is 0 Å². The van der Waals surface area contributed by atoms with Gasteiger partial charge in [0, 0.05) is 22.3 Å². The second kappa shape index (κ2) is 6.23. The van der Waals surface area contributed by atoms with E-state index in [1.54, 1.807) is 6.20 Å². The van der Waals surface area contributed by atoms with Crippen LogP contribution in [0.15, 0.2) is 30.5 Å².